The Kier molecular flexibility index (Phi) is 2.60. The Morgan fingerprint density at radius 2 is 1.61 bits per heavy atom. The van der Waals surface area contributed by atoms with Crippen LogP contribution in [0.25, 0.3) is 22.2 Å². The first-order chi connectivity index (χ1) is 8.74. The van der Waals surface area contributed by atoms with Crippen molar-refractivity contribution in [1.82, 2.24) is 4.98 Å². The fourth-order valence-corrected chi connectivity index (χ4v) is 2.13. The Morgan fingerprint density at radius 1 is 0.778 bits per heavy atom. The number of rotatable bonds is 1. The van der Waals surface area contributed by atoms with Crippen molar-refractivity contribution in [3.05, 3.63) is 65.7 Å². The van der Waals surface area contributed by atoms with Crippen molar-refractivity contribution in [2.75, 3.05) is 0 Å². The number of hydrogen-bond donors (Lipinski definition) is 0. The molecule has 1 heterocycles. The van der Waals surface area contributed by atoms with E-state index in [4.69, 9.17) is 4.98 Å². The lowest BCUT2D eigenvalue weighted by atomic mass is 10.0. The molecule has 0 fully saturated rings. The van der Waals surface area contributed by atoms with Gasteiger partial charge in [0.1, 0.15) is 0 Å². The molecule has 0 amide bonds. The highest BCUT2D eigenvalue weighted by Crippen LogP contribution is 2.22. The summed E-state index contributed by atoms with van der Waals surface area (Å²) in [6.45, 7) is 4.27. The molecule has 0 aliphatic carbocycles. The molecule has 0 saturated heterocycles. The van der Waals surface area contributed by atoms with E-state index in [1.807, 2.05) is 12.1 Å². The molecule has 0 N–H and O–H groups in total. The minimum Gasteiger partial charge on any atom is -0.248 e. The normalized spacial score (nSPS) is 10.8. The van der Waals surface area contributed by atoms with Gasteiger partial charge in [-0.25, -0.2) is 4.98 Å². The summed E-state index contributed by atoms with van der Waals surface area (Å²) in [6, 6.07) is 18.9. The predicted molar refractivity (Wildman–Crippen MR) is 76.7 cm³/mol. The molecule has 3 rings (SSSR count). The fourth-order valence-electron chi connectivity index (χ4n) is 2.13. The second-order valence-corrected chi connectivity index (χ2v) is 4.69. The summed E-state index contributed by atoms with van der Waals surface area (Å²) in [7, 11) is 0. The quantitative estimate of drug-likeness (QED) is 0.602. The summed E-state index contributed by atoms with van der Waals surface area (Å²) in [5.41, 5.74) is 5.90. The number of benzene rings is 2. The summed E-state index contributed by atoms with van der Waals surface area (Å²) >= 11 is 0. The molecular weight excluding hydrogens is 218 g/mol. The van der Waals surface area contributed by atoms with Crippen LogP contribution in [0.15, 0.2) is 54.6 Å². The van der Waals surface area contributed by atoms with Gasteiger partial charge in [-0.1, -0.05) is 36.4 Å². The van der Waals surface area contributed by atoms with E-state index in [0.29, 0.717) is 0 Å². The van der Waals surface area contributed by atoms with Gasteiger partial charge in [-0.2, -0.15) is 0 Å². The molecule has 0 bridgehead atoms. The number of hydrogen-bond acceptors (Lipinski definition) is 1. The summed E-state index contributed by atoms with van der Waals surface area (Å²) < 4.78 is 0. The first kappa shape index (κ1) is 11.0. The maximum atomic E-state index is 4.72. The van der Waals surface area contributed by atoms with Crippen molar-refractivity contribution in [2.45, 2.75) is 13.8 Å². The summed E-state index contributed by atoms with van der Waals surface area (Å²) in [4.78, 5) is 4.72. The van der Waals surface area contributed by atoms with Gasteiger partial charge in [0.05, 0.1) is 11.2 Å². The van der Waals surface area contributed by atoms with Gasteiger partial charge >= 0.3 is 0 Å². The molecule has 0 saturated carbocycles. The lowest BCUT2D eigenvalue weighted by Gasteiger charge is -2.06. The van der Waals surface area contributed by atoms with E-state index in [9.17, 15) is 0 Å². The van der Waals surface area contributed by atoms with Crippen molar-refractivity contribution in [1.29, 1.82) is 0 Å². The highest BCUT2D eigenvalue weighted by molar-refractivity contribution is 5.81. The van der Waals surface area contributed by atoms with Crippen LogP contribution in [-0.4, -0.2) is 4.98 Å². The minimum absolute atomic E-state index is 1.04. The number of fused-ring (bicyclic) bond motifs is 1. The SMILES string of the molecule is Cc1ccc(-c2ccc3ccccc3n2)cc1C. The number of aromatic nitrogens is 1. The second-order valence-electron chi connectivity index (χ2n) is 4.69. The average molecular weight is 233 g/mol. The molecule has 0 aliphatic heterocycles. The van der Waals surface area contributed by atoms with Gasteiger partial charge < -0.3 is 0 Å². The Balaban J connectivity index is 2.16. The van der Waals surface area contributed by atoms with Crippen LogP contribution >= 0.6 is 0 Å². The molecule has 0 aliphatic rings. The Hall–Kier alpha value is -2.15. The number of para-hydroxylation sites is 1. The summed E-state index contributed by atoms with van der Waals surface area (Å²) in [5, 5.41) is 1.19. The number of nitrogens with zero attached hydrogens (tertiary/aromatic N) is 1. The summed E-state index contributed by atoms with van der Waals surface area (Å²) in [6.07, 6.45) is 0. The Labute approximate surface area is 107 Å². The second kappa shape index (κ2) is 4.26. The average Bonchev–Trinajstić information content (AvgIpc) is 2.41. The predicted octanol–water partition coefficient (Wildman–Crippen LogP) is 4.52. The maximum Gasteiger partial charge on any atom is 0.0709 e. The van der Waals surface area contributed by atoms with Gasteiger partial charge in [-0.3, -0.25) is 0 Å². The first-order valence-electron chi connectivity index (χ1n) is 6.17. The van der Waals surface area contributed by atoms with Crippen molar-refractivity contribution < 1.29 is 0 Å². The van der Waals surface area contributed by atoms with Crippen LogP contribution in [0, 0.1) is 13.8 Å². The molecule has 88 valence electrons. The molecule has 1 heteroatoms. The third kappa shape index (κ3) is 1.88. The lowest BCUT2D eigenvalue weighted by Crippen LogP contribution is -1.87. The molecule has 18 heavy (non-hydrogen) atoms. The van der Waals surface area contributed by atoms with Crippen molar-refractivity contribution >= 4 is 10.9 Å². The molecule has 1 aromatic heterocycles. The van der Waals surface area contributed by atoms with Gasteiger partial charge in [0.25, 0.3) is 0 Å². The zero-order chi connectivity index (χ0) is 12.5. The Morgan fingerprint density at radius 3 is 2.44 bits per heavy atom. The van der Waals surface area contributed by atoms with Crippen LogP contribution in [0.4, 0.5) is 0 Å². The van der Waals surface area contributed by atoms with Crippen LogP contribution in [0.1, 0.15) is 11.1 Å². The summed E-state index contributed by atoms with van der Waals surface area (Å²) in [5.74, 6) is 0. The van der Waals surface area contributed by atoms with Crippen LogP contribution in [-0.2, 0) is 0 Å². The molecule has 3 aromatic rings. The standard InChI is InChI=1S/C17H15N/c1-12-7-8-15(11-13(12)2)17-10-9-14-5-3-4-6-16(14)18-17/h3-11H,1-2H3. The lowest BCUT2D eigenvalue weighted by molar-refractivity contribution is 1.32. The zero-order valence-corrected chi connectivity index (χ0v) is 10.6. The van der Waals surface area contributed by atoms with Gasteiger partial charge in [-0.15, -0.1) is 0 Å². The van der Waals surface area contributed by atoms with Crippen LogP contribution < -0.4 is 0 Å². The van der Waals surface area contributed by atoms with Crippen LogP contribution in [0.3, 0.4) is 0 Å². The highest BCUT2D eigenvalue weighted by atomic mass is 14.7. The maximum absolute atomic E-state index is 4.72. The van der Waals surface area contributed by atoms with Gasteiger partial charge in [0.15, 0.2) is 0 Å². The van der Waals surface area contributed by atoms with E-state index < -0.39 is 0 Å². The molecule has 2 aromatic carbocycles. The zero-order valence-electron chi connectivity index (χ0n) is 10.6. The van der Waals surface area contributed by atoms with Crippen LogP contribution in [0.2, 0.25) is 0 Å². The van der Waals surface area contributed by atoms with E-state index >= 15 is 0 Å². The number of pyridine rings is 1. The topological polar surface area (TPSA) is 12.9 Å². The molecule has 0 atom stereocenters. The molecular formula is C17H15N. The van der Waals surface area contributed by atoms with E-state index in [2.05, 4.69) is 56.3 Å². The van der Waals surface area contributed by atoms with Gasteiger partial charge in [-0.05, 0) is 43.2 Å². The Bertz CT molecular complexity index is 714. The minimum atomic E-state index is 1.04. The smallest absolute Gasteiger partial charge is 0.0709 e. The third-order valence-electron chi connectivity index (χ3n) is 3.40. The van der Waals surface area contributed by atoms with Crippen molar-refractivity contribution in [3.8, 4) is 11.3 Å². The van der Waals surface area contributed by atoms with Crippen LogP contribution in [0.5, 0.6) is 0 Å². The van der Waals surface area contributed by atoms with Crippen molar-refractivity contribution in [2.24, 2.45) is 0 Å². The van der Waals surface area contributed by atoms with Crippen molar-refractivity contribution in [3.63, 3.8) is 0 Å². The number of aryl methyl sites for hydroxylation is 2. The third-order valence-corrected chi connectivity index (χ3v) is 3.40. The van der Waals surface area contributed by atoms with Gasteiger partial charge in [0.2, 0.25) is 0 Å². The molecule has 1 nitrogen and oxygen atoms in total. The largest absolute Gasteiger partial charge is 0.248 e. The van der Waals surface area contributed by atoms with E-state index in [-0.39, 0.29) is 0 Å². The molecule has 0 radical (unpaired) electrons. The highest BCUT2D eigenvalue weighted by Gasteiger charge is 2.02. The van der Waals surface area contributed by atoms with E-state index in [1.165, 1.54) is 22.1 Å². The molecule has 0 spiro atoms. The fraction of sp³-hybridized carbons (Fsp3) is 0.118. The first-order valence-corrected chi connectivity index (χ1v) is 6.17. The van der Waals surface area contributed by atoms with E-state index in [1.54, 1.807) is 0 Å². The van der Waals surface area contributed by atoms with Gasteiger partial charge in [0, 0.05) is 10.9 Å². The molecule has 0 unspecified atom stereocenters. The monoisotopic (exact) mass is 233 g/mol. The van der Waals surface area contributed by atoms with E-state index in [0.717, 1.165) is 11.2 Å².